The SMILES string of the molecule is COC(=O)c1ccc(OC(C)(C)C(C)(C)O)c(CN)c1. The van der Waals surface area contributed by atoms with Crippen LogP contribution in [-0.2, 0) is 11.3 Å². The van der Waals surface area contributed by atoms with E-state index in [0.717, 1.165) is 0 Å². The van der Waals surface area contributed by atoms with Crippen LogP contribution in [0.25, 0.3) is 0 Å². The average Bonchev–Trinajstić information content (AvgIpc) is 2.36. The van der Waals surface area contributed by atoms with E-state index in [1.807, 2.05) is 0 Å². The zero-order chi connectivity index (χ0) is 15.6. The van der Waals surface area contributed by atoms with Crippen molar-refractivity contribution in [2.24, 2.45) is 5.73 Å². The molecule has 1 aromatic rings. The molecular weight excluding hydrogens is 258 g/mol. The van der Waals surface area contributed by atoms with Crippen LogP contribution >= 0.6 is 0 Å². The van der Waals surface area contributed by atoms with E-state index >= 15 is 0 Å². The standard InChI is InChI=1S/C15H23NO4/c1-14(2,18)15(3,4)20-12-7-6-10(13(17)19-5)8-11(12)9-16/h6-8,18H,9,16H2,1-5H3. The highest BCUT2D eigenvalue weighted by Crippen LogP contribution is 2.30. The first-order valence-corrected chi connectivity index (χ1v) is 6.45. The van der Waals surface area contributed by atoms with Gasteiger partial charge in [0, 0.05) is 12.1 Å². The summed E-state index contributed by atoms with van der Waals surface area (Å²) < 4.78 is 10.5. The number of aliphatic hydroxyl groups is 1. The molecule has 0 bridgehead atoms. The number of nitrogens with two attached hydrogens (primary N) is 1. The number of hydrogen-bond donors (Lipinski definition) is 2. The highest BCUT2D eigenvalue weighted by molar-refractivity contribution is 5.89. The van der Waals surface area contributed by atoms with Gasteiger partial charge in [0.25, 0.3) is 0 Å². The first-order chi connectivity index (χ1) is 9.12. The number of ether oxygens (including phenoxy) is 2. The molecule has 3 N–H and O–H groups in total. The second-order valence-corrected chi connectivity index (χ2v) is 5.69. The maximum Gasteiger partial charge on any atom is 0.337 e. The Morgan fingerprint density at radius 2 is 1.90 bits per heavy atom. The van der Waals surface area contributed by atoms with Crippen molar-refractivity contribution < 1.29 is 19.4 Å². The van der Waals surface area contributed by atoms with Gasteiger partial charge < -0.3 is 20.3 Å². The molecular formula is C15H23NO4. The minimum absolute atomic E-state index is 0.224. The Morgan fingerprint density at radius 1 is 1.30 bits per heavy atom. The highest BCUT2D eigenvalue weighted by Gasteiger charge is 2.37. The fourth-order valence-corrected chi connectivity index (χ4v) is 1.48. The molecule has 0 aliphatic rings. The molecule has 0 aliphatic heterocycles. The van der Waals surface area contributed by atoms with E-state index in [2.05, 4.69) is 4.74 Å². The minimum atomic E-state index is -1.03. The normalized spacial score (nSPS) is 12.2. The molecule has 1 rings (SSSR count). The van der Waals surface area contributed by atoms with Gasteiger partial charge in [-0.05, 0) is 45.9 Å². The van der Waals surface area contributed by atoms with Crippen LogP contribution in [0.3, 0.4) is 0 Å². The summed E-state index contributed by atoms with van der Waals surface area (Å²) in [6.07, 6.45) is 0. The van der Waals surface area contributed by atoms with Crippen LogP contribution in [0.1, 0.15) is 43.6 Å². The van der Waals surface area contributed by atoms with Gasteiger partial charge in [0.15, 0.2) is 0 Å². The van der Waals surface area contributed by atoms with Crippen LogP contribution in [-0.4, -0.2) is 29.4 Å². The van der Waals surface area contributed by atoms with Crippen LogP contribution in [0.5, 0.6) is 5.75 Å². The van der Waals surface area contributed by atoms with Gasteiger partial charge in [-0.2, -0.15) is 0 Å². The Balaban J connectivity index is 3.11. The molecule has 5 nitrogen and oxygen atoms in total. The fraction of sp³-hybridized carbons (Fsp3) is 0.533. The first kappa shape index (κ1) is 16.5. The van der Waals surface area contributed by atoms with Gasteiger partial charge in [0.2, 0.25) is 0 Å². The summed E-state index contributed by atoms with van der Waals surface area (Å²) in [6.45, 7) is 7.17. The van der Waals surface area contributed by atoms with Crippen molar-refractivity contribution in [3.63, 3.8) is 0 Å². The third-order valence-electron chi connectivity index (χ3n) is 3.54. The van der Waals surface area contributed by atoms with E-state index in [0.29, 0.717) is 16.9 Å². The molecule has 0 aliphatic carbocycles. The van der Waals surface area contributed by atoms with Gasteiger partial charge in [0.1, 0.15) is 11.4 Å². The summed E-state index contributed by atoms with van der Waals surface area (Å²) in [7, 11) is 1.33. The highest BCUT2D eigenvalue weighted by atomic mass is 16.5. The second-order valence-electron chi connectivity index (χ2n) is 5.69. The van der Waals surface area contributed by atoms with Crippen LogP contribution in [0, 0.1) is 0 Å². The molecule has 0 heterocycles. The van der Waals surface area contributed by atoms with Crippen LogP contribution in [0.2, 0.25) is 0 Å². The van der Waals surface area contributed by atoms with Crippen molar-refractivity contribution in [2.45, 2.75) is 45.4 Å². The van der Waals surface area contributed by atoms with Crippen molar-refractivity contribution in [3.8, 4) is 5.75 Å². The summed E-state index contributed by atoms with van der Waals surface area (Å²) in [6, 6.07) is 4.92. The fourth-order valence-electron chi connectivity index (χ4n) is 1.48. The number of rotatable bonds is 5. The van der Waals surface area contributed by atoms with E-state index in [4.69, 9.17) is 10.5 Å². The van der Waals surface area contributed by atoms with Crippen LogP contribution < -0.4 is 10.5 Å². The van der Waals surface area contributed by atoms with Gasteiger partial charge in [0.05, 0.1) is 18.3 Å². The monoisotopic (exact) mass is 281 g/mol. The summed E-state index contributed by atoms with van der Waals surface area (Å²) >= 11 is 0. The van der Waals surface area contributed by atoms with Crippen molar-refractivity contribution in [2.75, 3.05) is 7.11 Å². The molecule has 0 atom stereocenters. The number of methoxy groups -OCH3 is 1. The molecule has 112 valence electrons. The lowest BCUT2D eigenvalue weighted by Crippen LogP contribution is -2.49. The lowest BCUT2D eigenvalue weighted by molar-refractivity contribution is -0.0910. The second kappa shape index (κ2) is 5.81. The Morgan fingerprint density at radius 3 is 2.35 bits per heavy atom. The lowest BCUT2D eigenvalue weighted by atomic mass is 9.89. The Bertz CT molecular complexity index is 489. The van der Waals surface area contributed by atoms with E-state index in [1.54, 1.807) is 45.9 Å². The number of esters is 1. The molecule has 0 aromatic heterocycles. The van der Waals surface area contributed by atoms with Gasteiger partial charge in [-0.15, -0.1) is 0 Å². The summed E-state index contributed by atoms with van der Waals surface area (Å²) in [5.74, 6) is 0.125. The number of carbonyl (C=O) groups excluding carboxylic acids is 1. The molecule has 0 spiro atoms. The Hall–Kier alpha value is -1.59. The van der Waals surface area contributed by atoms with Crippen LogP contribution in [0.15, 0.2) is 18.2 Å². The van der Waals surface area contributed by atoms with Crippen molar-refractivity contribution in [3.05, 3.63) is 29.3 Å². The largest absolute Gasteiger partial charge is 0.485 e. The maximum absolute atomic E-state index is 11.5. The predicted molar refractivity (Wildman–Crippen MR) is 76.7 cm³/mol. The quantitative estimate of drug-likeness (QED) is 0.805. The van der Waals surface area contributed by atoms with Crippen molar-refractivity contribution in [1.82, 2.24) is 0 Å². The maximum atomic E-state index is 11.5. The Labute approximate surface area is 119 Å². The number of carbonyl (C=O) groups is 1. The molecule has 1 aromatic carbocycles. The summed E-state index contributed by atoms with van der Waals surface area (Å²) in [4.78, 5) is 11.5. The van der Waals surface area contributed by atoms with E-state index in [1.165, 1.54) is 7.11 Å². The summed E-state index contributed by atoms with van der Waals surface area (Å²) in [5.41, 5.74) is 4.97. The zero-order valence-corrected chi connectivity index (χ0v) is 12.7. The molecule has 0 saturated heterocycles. The summed E-state index contributed by atoms with van der Waals surface area (Å²) in [5, 5.41) is 10.1. The number of hydrogen-bond acceptors (Lipinski definition) is 5. The predicted octanol–water partition coefficient (Wildman–Crippen LogP) is 1.86. The van der Waals surface area contributed by atoms with Gasteiger partial charge in [-0.25, -0.2) is 4.79 Å². The molecule has 0 saturated carbocycles. The minimum Gasteiger partial charge on any atom is -0.485 e. The van der Waals surface area contributed by atoms with E-state index < -0.39 is 17.2 Å². The zero-order valence-electron chi connectivity index (χ0n) is 12.7. The molecule has 20 heavy (non-hydrogen) atoms. The number of benzene rings is 1. The molecule has 0 radical (unpaired) electrons. The van der Waals surface area contributed by atoms with Crippen LogP contribution in [0.4, 0.5) is 0 Å². The topological polar surface area (TPSA) is 81.8 Å². The molecule has 5 heteroatoms. The van der Waals surface area contributed by atoms with Gasteiger partial charge >= 0.3 is 5.97 Å². The van der Waals surface area contributed by atoms with Crippen molar-refractivity contribution in [1.29, 1.82) is 0 Å². The Kier molecular flexibility index (Phi) is 4.78. The van der Waals surface area contributed by atoms with Crippen molar-refractivity contribution >= 4 is 5.97 Å². The lowest BCUT2D eigenvalue weighted by Gasteiger charge is -2.38. The third kappa shape index (κ3) is 3.49. The van der Waals surface area contributed by atoms with E-state index in [-0.39, 0.29) is 6.54 Å². The van der Waals surface area contributed by atoms with Gasteiger partial charge in [-0.1, -0.05) is 0 Å². The van der Waals surface area contributed by atoms with E-state index in [9.17, 15) is 9.90 Å². The average molecular weight is 281 g/mol. The third-order valence-corrected chi connectivity index (χ3v) is 3.54. The smallest absolute Gasteiger partial charge is 0.337 e. The molecule has 0 amide bonds. The molecule has 0 fully saturated rings. The first-order valence-electron chi connectivity index (χ1n) is 6.45. The molecule has 0 unspecified atom stereocenters. The van der Waals surface area contributed by atoms with Gasteiger partial charge in [-0.3, -0.25) is 0 Å².